The molecule has 0 amide bonds. The summed E-state index contributed by atoms with van der Waals surface area (Å²) in [5, 5.41) is 8.58. The minimum Gasteiger partial charge on any atom is -0.195 e. The molecule has 1 nitrogen and oxygen atoms in total. The summed E-state index contributed by atoms with van der Waals surface area (Å²) in [4.78, 5) is 0. The Bertz CT molecular complexity index is 697. The van der Waals surface area contributed by atoms with Crippen molar-refractivity contribution in [2.45, 2.75) is 109 Å². The van der Waals surface area contributed by atoms with Crippen LogP contribution in [0.15, 0.2) is 36.2 Å². The van der Waals surface area contributed by atoms with Crippen molar-refractivity contribution in [2.75, 3.05) is 0 Å². The zero-order valence-corrected chi connectivity index (χ0v) is 19.6. The Labute approximate surface area is 190 Å². The standard InChI is InChI=1S/C29H42FN/c1-2-3-6-23-13-17-27(18-14-23)28-19-15-25(16-20-28)8-5-4-7-24-9-11-26(12-10-24)21-29(30)22-31/h13-14,17-18,21,24-26,28H,2-12,15-16,19-20H2,1H3/b29-21+. The lowest BCUT2D eigenvalue weighted by Crippen LogP contribution is -2.14. The van der Waals surface area contributed by atoms with Gasteiger partial charge in [0.1, 0.15) is 6.07 Å². The SMILES string of the molecule is CCCCc1ccc(C2CCC(CCCCC3CCC(/C=C(/F)C#N)CC3)CC2)cc1. The second-order valence-electron chi connectivity index (χ2n) is 10.3. The van der Waals surface area contributed by atoms with E-state index in [1.807, 2.05) is 0 Å². The average molecular weight is 424 g/mol. The van der Waals surface area contributed by atoms with E-state index in [0.29, 0.717) is 5.92 Å². The molecule has 0 radical (unpaired) electrons. The third-order valence-corrected chi connectivity index (χ3v) is 7.97. The van der Waals surface area contributed by atoms with Gasteiger partial charge in [-0.1, -0.05) is 63.3 Å². The Morgan fingerprint density at radius 1 is 0.903 bits per heavy atom. The van der Waals surface area contributed by atoms with Gasteiger partial charge >= 0.3 is 0 Å². The minimum absolute atomic E-state index is 0.290. The van der Waals surface area contributed by atoms with E-state index in [1.165, 1.54) is 89.0 Å². The van der Waals surface area contributed by atoms with Crippen molar-refractivity contribution in [3.63, 3.8) is 0 Å². The summed E-state index contributed by atoms with van der Waals surface area (Å²) >= 11 is 0. The minimum atomic E-state index is -0.595. The zero-order chi connectivity index (χ0) is 21.9. The fraction of sp³-hybridized carbons (Fsp3) is 0.690. The van der Waals surface area contributed by atoms with Crippen molar-refractivity contribution in [2.24, 2.45) is 17.8 Å². The molecule has 3 rings (SSSR count). The highest BCUT2D eigenvalue weighted by molar-refractivity contribution is 5.26. The third kappa shape index (κ3) is 8.10. The smallest absolute Gasteiger partial charge is 0.195 e. The van der Waals surface area contributed by atoms with Gasteiger partial charge in [0.05, 0.1) is 0 Å². The van der Waals surface area contributed by atoms with Gasteiger partial charge in [-0.2, -0.15) is 9.65 Å². The van der Waals surface area contributed by atoms with Crippen molar-refractivity contribution in [1.82, 2.24) is 0 Å². The van der Waals surface area contributed by atoms with Crippen molar-refractivity contribution in [1.29, 1.82) is 5.26 Å². The van der Waals surface area contributed by atoms with E-state index in [9.17, 15) is 4.39 Å². The lowest BCUT2D eigenvalue weighted by atomic mass is 9.76. The number of halogens is 1. The molecule has 0 saturated heterocycles. The number of unbranched alkanes of at least 4 members (excludes halogenated alkanes) is 2. The van der Waals surface area contributed by atoms with Crippen molar-refractivity contribution in [3.05, 3.63) is 47.3 Å². The zero-order valence-electron chi connectivity index (χ0n) is 19.6. The van der Waals surface area contributed by atoms with E-state index >= 15 is 0 Å². The molecule has 2 aliphatic carbocycles. The summed E-state index contributed by atoms with van der Waals surface area (Å²) < 4.78 is 13.1. The average Bonchev–Trinajstić information content (AvgIpc) is 2.82. The summed E-state index contributed by atoms with van der Waals surface area (Å²) in [7, 11) is 0. The lowest BCUT2D eigenvalue weighted by molar-refractivity contribution is 0.272. The van der Waals surface area contributed by atoms with Crippen LogP contribution in [0.5, 0.6) is 0 Å². The first-order valence-electron chi connectivity index (χ1n) is 13.0. The van der Waals surface area contributed by atoms with E-state index in [0.717, 1.165) is 30.6 Å². The molecular weight excluding hydrogens is 381 g/mol. The lowest BCUT2D eigenvalue weighted by Gasteiger charge is -2.29. The molecular formula is C29H42FN. The molecule has 2 heteroatoms. The number of nitriles is 1. The largest absolute Gasteiger partial charge is 0.196 e. The molecule has 2 saturated carbocycles. The maximum absolute atomic E-state index is 13.1. The number of rotatable bonds is 10. The van der Waals surface area contributed by atoms with E-state index in [2.05, 4.69) is 31.2 Å². The highest BCUT2D eigenvalue weighted by Crippen LogP contribution is 2.38. The van der Waals surface area contributed by atoms with Crippen LogP contribution in [0, 0.1) is 29.1 Å². The fourth-order valence-corrected chi connectivity index (χ4v) is 5.88. The molecule has 0 aromatic heterocycles. The monoisotopic (exact) mass is 423 g/mol. The Balaban J connectivity index is 1.27. The number of hydrogen-bond donors (Lipinski definition) is 0. The van der Waals surface area contributed by atoms with Gasteiger partial charge in [0.2, 0.25) is 0 Å². The highest BCUT2D eigenvalue weighted by atomic mass is 19.1. The van der Waals surface area contributed by atoms with Crippen LogP contribution < -0.4 is 0 Å². The van der Waals surface area contributed by atoms with Gasteiger partial charge in [0.25, 0.3) is 0 Å². The van der Waals surface area contributed by atoms with Gasteiger partial charge in [-0.25, -0.2) is 0 Å². The first kappa shape index (κ1) is 24.0. The molecule has 1 aromatic carbocycles. The first-order valence-corrected chi connectivity index (χ1v) is 13.0. The second-order valence-corrected chi connectivity index (χ2v) is 10.3. The van der Waals surface area contributed by atoms with E-state index in [-0.39, 0.29) is 0 Å². The molecule has 0 bridgehead atoms. The van der Waals surface area contributed by atoms with Gasteiger partial charge < -0.3 is 0 Å². The van der Waals surface area contributed by atoms with Gasteiger partial charge in [0, 0.05) is 0 Å². The molecule has 0 atom stereocenters. The Hall–Kier alpha value is -1.62. The van der Waals surface area contributed by atoms with Gasteiger partial charge in [-0.15, -0.1) is 0 Å². The number of benzene rings is 1. The molecule has 0 unspecified atom stereocenters. The molecule has 0 heterocycles. The second kappa shape index (κ2) is 13.0. The van der Waals surface area contributed by atoms with Crippen LogP contribution in [0.25, 0.3) is 0 Å². The van der Waals surface area contributed by atoms with Crippen LogP contribution in [0.3, 0.4) is 0 Å². The molecule has 170 valence electrons. The normalized spacial score (nSPS) is 27.1. The van der Waals surface area contributed by atoms with Crippen LogP contribution >= 0.6 is 0 Å². The van der Waals surface area contributed by atoms with Crippen LogP contribution in [0.2, 0.25) is 0 Å². The Kier molecular flexibility index (Phi) is 10.1. The molecule has 2 aliphatic rings. The fourth-order valence-electron chi connectivity index (χ4n) is 5.88. The molecule has 0 spiro atoms. The molecule has 1 aromatic rings. The predicted octanol–water partition coefficient (Wildman–Crippen LogP) is 9.05. The van der Waals surface area contributed by atoms with E-state index < -0.39 is 5.83 Å². The number of hydrogen-bond acceptors (Lipinski definition) is 1. The van der Waals surface area contributed by atoms with Crippen LogP contribution in [-0.2, 0) is 6.42 Å². The number of nitrogens with zero attached hydrogens (tertiary/aromatic N) is 1. The van der Waals surface area contributed by atoms with Crippen LogP contribution in [0.4, 0.5) is 4.39 Å². The summed E-state index contributed by atoms with van der Waals surface area (Å²) in [5.41, 5.74) is 3.07. The third-order valence-electron chi connectivity index (χ3n) is 7.97. The van der Waals surface area contributed by atoms with Crippen molar-refractivity contribution >= 4 is 0 Å². The van der Waals surface area contributed by atoms with Gasteiger partial charge in [0.15, 0.2) is 5.83 Å². The quantitative estimate of drug-likeness (QED) is 0.272. The van der Waals surface area contributed by atoms with E-state index in [4.69, 9.17) is 5.26 Å². The Morgan fingerprint density at radius 3 is 2.03 bits per heavy atom. The summed E-state index contributed by atoms with van der Waals surface area (Å²) in [6.07, 6.45) is 20.9. The van der Waals surface area contributed by atoms with Gasteiger partial charge in [-0.3, -0.25) is 0 Å². The molecule has 31 heavy (non-hydrogen) atoms. The van der Waals surface area contributed by atoms with Gasteiger partial charge in [-0.05, 0) is 105 Å². The van der Waals surface area contributed by atoms with E-state index in [1.54, 1.807) is 17.7 Å². The molecule has 0 aliphatic heterocycles. The molecule has 2 fully saturated rings. The number of aryl methyl sites for hydroxylation is 1. The van der Waals surface area contributed by atoms with Crippen molar-refractivity contribution in [3.8, 4) is 6.07 Å². The predicted molar refractivity (Wildman–Crippen MR) is 128 cm³/mol. The number of allylic oxidation sites excluding steroid dienone is 2. The molecule has 0 N–H and O–H groups in total. The van der Waals surface area contributed by atoms with Crippen LogP contribution in [0.1, 0.15) is 114 Å². The Morgan fingerprint density at radius 2 is 1.48 bits per heavy atom. The summed E-state index contributed by atoms with van der Waals surface area (Å²) in [6.45, 7) is 2.26. The summed E-state index contributed by atoms with van der Waals surface area (Å²) in [6, 6.07) is 11.1. The van der Waals surface area contributed by atoms with Crippen molar-refractivity contribution < 1.29 is 4.39 Å². The maximum atomic E-state index is 13.1. The van der Waals surface area contributed by atoms with Crippen LogP contribution in [-0.4, -0.2) is 0 Å². The highest BCUT2D eigenvalue weighted by Gasteiger charge is 2.23. The maximum Gasteiger partial charge on any atom is 0.196 e. The first-order chi connectivity index (χ1) is 15.2. The summed E-state index contributed by atoms with van der Waals surface area (Å²) in [5.74, 6) is 2.24. The topological polar surface area (TPSA) is 23.8 Å².